The first kappa shape index (κ1) is 16.5. The van der Waals surface area contributed by atoms with E-state index in [-0.39, 0.29) is 5.91 Å². The highest BCUT2D eigenvalue weighted by molar-refractivity contribution is 6.04. The normalized spacial score (nSPS) is 10.4. The summed E-state index contributed by atoms with van der Waals surface area (Å²) in [6.45, 7) is 0. The van der Waals surface area contributed by atoms with Gasteiger partial charge in [-0.15, -0.1) is 0 Å². The van der Waals surface area contributed by atoms with Gasteiger partial charge < -0.3 is 14.6 Å². The van der Waals surface area contributed by atoms with Crippen LogP contribution in [0.5, 0.6) is 11.5 Å². The number of ether oxygens (including phenoxy) is 1. The van der Waals surface area contributed by atoms with Crippen LogP contribution in [-0.2, 0) is 0 Å². The number of para-hydroxylation sites is 1. The molecular weight excluding hydrogens is 342 g/mol. The van der Waals surface area contributed by atoms with E-state index >= 15 is 0 Å². The smallest absolute Gasteiger partial charge is 0.255 e. The molecule has 3 aromatic carbocycles. The zero-order valence-corrected chi connectivity index (χ0v) is 14.2. The van der Waals surface area contributed by atoms with Crippen LogP contribution in [-0.4, -0.2) is 16.0 Å². The molecule has 0 aliphatic carbocycles. The lowest BCUT2D eigenvalue weighted by Gasteiger charge is -2.08. The van der Waals surface area contributed by atoms with E-state index in [1.807, 2.05) is 42.5 Å². The molecule has 1 N–H and O–H groups in total. The Labute approximate surface area is 155 Å². The number of aromatic nitrogens is 2. The summed E-state index contributed by atoms with van der Waals surface area (Å²) in [6.07, 6.45) is 1.27. The Morgan fingerprint density at radius 2 is 1.56 bits per heavy atom. The number of carbonyl (C=O) groups excluding carboxylic acids is 1. The molecule has 0 radical (unpaired) electrons. The number of hydrogen-bond acceptors (Lipinski definition) is 5. The van der Waals surface area contributed by atoms with Gasteiger partial charge in [-0.2, -0.15) is 4.98 Å². The van der Waals surface area contributed by atoms with Crippen LogP contribution in [0.1, 0.15) is 10.4 Å². The first-order valence-corrected chi connectivity index (χ1v) is 8.29. The Morgan fingerprint density at radius 3 is 2.22 bits per heavy atom. The zero-order chi connectivity index (χ0) is 18.5. The van der Waals surface area contributed by atoms with Crippen LogP contribution in [0, 0.1) is 0 Å². The Balaban J connectivity index is 1.40. The van der Waals surface area contributed by atoms with Crippen molar-refractivity contribution in [3.63, 3.8) is 0 Å². The average molecular weight is 357 g/mol. The van der Waals surface area contributed by atoms with Gasteiger partial charge in [0.15, 0.2) is 0 Å². The lowest BCUT2D eigenvalue weighted by atomic mass is 10.1. The first-order chi connectivity index (χ1) is 13.3. The highest BCUT2D eigenvalue weighted by Gasteiger charge is 2.08. The molecule has 0 fully saturated rings. The fourth-order valence-electron chi connectivity index (χ4n) is 2.50. The van der Waals surface area contributed by atoms with Crippen molar-refractivity contribution in [2.75, 3.05) is 5.32 Å². The molecule has 6 heteroatoms. The number of nitrogens with zero attached hydrogens (tertiary/aromatic N) is 2. The molecular formula is C21H15N3O3. The summed E-state index contributed by atoms with van der Waals surface area (Å²) in [5.41, 5.74) is 2.00. The van der Waals surface area contributed by atoms with Crippen LogP contribution < -0.4 is 10.1 Å². The minimum absolute atomic E-state index is 0.202. The van der Waals surface area contributed by atoms with Gasteiger partial charge in [-0.05, 0) is 48.5 Å². The summed E-state index contributed by atoms with van der Waals surface area (Å²) in [5, 5.41) is 6.63. The third-order valence-corrected chi connectivity index (χ3v) is 3.86. The number of rotatable bonds is 5. The van der Waals surface area contributed by atoms with Crippen molar-refractivity contribution in [3.8, 4) is 22.9 Å². The number of carbonyl (C=O) groups is 1. The van der Waals surface area contributed by atoms with Crippen molar-refractivity contribution in [2.45, 2.75) is 0 Å². The van der Waals surface area contributed by atoms with E-state index in [2.05, 4.69) is 15.5 Å². The molecule has 0 spiro atoms. The Morgan fingerprint density at radius 1 is 0.852 bits per heavy atom. The molecule has 0 saturated carbocycles. The van der Waals surface area contributed by atoms with Gasteiger partial charge in [0.25, 0.3) is 5.91 Å². The van der Waals surface area contributed by atoms with Gasteiger partial charge >= 0.3 is 0 Å². The molecule has 0 bridgehead atoms. The second-order valence-electron chi connectivity index (χ2n) is 5.73. The zero-order valence-electron chi connectivity index (χ0n) is 14.2. The highest BCUT2D eigenvalue weighted by atomic mass is 16.5. The summed E-state index contributed by atoms with van der Waals surface area (Å²) in [4.78, 5) is 16.4. The van der Waals surface area contributed by atoms with E-state index in [0.29, 0.717) is 22.8 Å². The van der Waals surface area contributed by atoms with Crippen molar-refractivity contribution in [2.24, 2.45) is 0 Å². The van der Waals surface area contributed by atoms with Gasteiger partial charge in [-0.1, -0.05) is 35.5 Å². The molecule has 1 aromatic heterocycles. The van der Waals surface area contributed by atoms with Gasteiger partial charge in [0.05, 0.1) is 0 Å². The third kappa shape index (κ3) is 4.01. The van der Waals surface area contributed by atoms with E-state index in [0.717, 1.165) is 11.3 Å². The second kappa shape index (κ2) is 7.53. The maximum absolute atomic E-state index is 12.4. The fraction of sp³-hybridized carbons (Fsp3) is 0. The molecule has 0 aliphatic rings. The molecule has 0 aliphatic heterocycles. The van der Waals surface area contributed by atoms with E-state index in [9.17, 15) is 4.79 Å². The van der Waals surface area contributed by atoms with E-state index in [1.54, 1.807) is 36.4 Å². The molecule has 0 saturated heterocycles. The number of benzene rings is 3. The predicted octanol–water partition coefficient (Wildman–Crippen LogP) is 4.78. The van der Waals surface area contributed by atoms with Crippen molar-refractivity contribution in [1.82, 2.24) is 10.1 Å². The van der Waals surface area contributed by atoms with Crippen molar-refractivity contribution < 1.29 is 14.1 Å². The third-order valence-electron chi connectivity index (χ3n) is 3.86. The number of amides is 1. The predicted molar refractivity (Wildman–Crippen MR) is 101 cm³/mol. The van der Waals surface area contributed by atoms with Crippen molar-refractivity contribution >= 4 is 11.6 Å². The molecule has 1 amide bonds. The van der Waals surface area contributed by atoms with Crippen molar-refractivity contribution in [1.29, 1.82) is 0 Å². The highest BCUT2D eigenvalue weighted by Crippen LogP contribution is 2.23. The molecule has 132 valence electrons. The van der Waals surface area contributed by atoms with Crippen LogP contribution in [0.3, 0.4) is 0 Å². The number of anilines is 1. The van der Waals surface area contributed by atoms with Gasteiger partial charge in [0.2, 0.25) is 12.2 Å². The van der Waals surface area contributed by atoms with Crippen LogP contribution in [0.4, 0.5) is 5.69 Å². The quantitative estimate of drug-likeness (QED) is 0.556. The van der Waals surface area contributed by atoms with Gasteiger partial charge in [-0.3, -0.25) is 4.79 Å². The summed E-state index contributed by atoms with van der Waals surface area (Å²) in [5.74, 6) is 1.74. The fourth-order valence-corrected chi connectivity index (χ4v) is 2.50. The van der Waals surface area contributed by atoms with Gasteiger partial charge in [0, 0.05) is 16.8 Å². The Kier molecular flexibility index (Phi) is 4.61. The minimum atomic E-state index is -0.202. The topological polar surface area (TPSA) is 77.2 Å². The van der Waals surface area contributed by atoms with E-state index < -0.39 is 0 Å². The molecule has 4 aromatic rings. The standard InChI is InChI=1S/C21H15N3O3/c25-21(16-8-6-15(7-9-16)20-22-14-26-24-20)23-17-10-12-19(13-11-17)27-18-4-2-1-3-5-18/h1-14H,(H,23,25). The summed E-state index contributed by atoms with van der Waals surface area (Å²) < 4.78 is 10.5. The average Bonchev–Trinajstić information content (AvgIpc) is 3.25. The molecule has 4 rings (SSSR count). The molecule has 6 nitrogen and oxygen atoms in total. The maximum atomic E-state index is 12.4. The summed E-state index contributed by atoms with van der Waals surface area (Å²) in [7, 11) is 0. The molecule has 0 unspecified atom stereocenters. The lowest BCUT2D eigenvalue weighted by Crippen LogP contribution is -2.11. The molecule has 0 atom stereocenters. The molecule has 1 heterocycles. The minimum Gasteiger partial charge on any atom is -0.457 e. The van der Waals surface area contributed by atoms with E-state index in [1.165, 1.54) is 6.39 Å². The number of hydrogen-bond donors (Lipinski definition) is 1. The van der Waals surface area contributed by atoms with Gasteiger partial charge in [0.1, 0.15) is 11.5 Å². The van der Waals surface area contributed by atoms with Crippen LogP contribution in [0.25, 0.3) is 11.4 Å². The SMILES string of the molecule is O=C(Nc1ccc(Oc2ccccc2)cc1)c1ccc(-c2ncon2)cc1. The number of nitrogens with one attached hydrogen (secondary N) is 1. The second-order valence-corrected chi connectivity index (χ2v) is 5.73. The van der Waals surface area contributed by atoms with Crippen LogP contribution >= 0.6 is 0 Å². The Hall–Kier alpha value is -3.93. The Bertz CT molecular complexity index is 1010. The van der Waals surface area contributed by atoms with Crippen molar-refractivity contribution in [3.05, 3.63) is 90.8 Å². The maximum Gasteiger partial charge on any atom is 0.255 e. The van der Waals surface area contributed by atoms with E-state index in [4.69, 9.17) is 9.26 Å². The summed E-state index contributed by atoms with van der Waals surface area (Å²) in [6, 6.07) is 23.7. The lowest BCUT2D eigenvalue weighted by molar-refractivity contribution is 0.102. The first-order valence-electron chi connectivity index (χ1n) is 8.29. The largest absolute Gasteiger partial charge is 0.457 e. The monoisotopic (exact) mass is 357 g/mol. The van der Waals surface area contributed by atoms with Gasteiger partial charge in [-0.25, -0.2) is 0 Å². The molecule has 27 heavy (non-hydrogen) atoms. The summed E-state index contributed by atoms with van der Waals surface area (Å²) >= 11 is 0. The van der Waals surface area contributed by atoms with Crippen LogP contribution in [0.2, 0.25) is 0 Å². The van der Waals surface area contributed by atoms with Crippen LogP contribution in [0.15, 0.2) is 89.8 Å².